The van der Waals surface area contributed by atoms with Gasteiger partial charge in [-0.2, -0.15) is 5.26 Å². The summed E-state index contributed by atoms with van der Waals surface area (Å²) in [5, 5.41) is 26.3. The van der Waals surface area contributed by atoms with Gasteiger partial charge in [-0.1, -0.05) is 25.0 Å². The molecule has 11 heteroatoms. The molecule has 9 nitrogen and oxygen atoms in total. The molecule has 2 aromatic heterocycles. The Morgan fingerprint density at radius 2 is 1.84 bits per heavy atom. The summed E-state index contributed by atoms with van der Waals surface area (Å²) in [4.78, 5) is 32.7. The number of carbonyl (C=O) groups excluding carboxylic acids is 2. The average Bonchev–Trinajstić information content (AvgIpc) is 3.52. The maximum atomic E-state index is 13.8. The van der Waals surface area contributed by atoms with E-state index in [1.165, 1.54) is 24.5 Å². The molecular weight excluding hydrogens is 573 g/mol. The van der Waals surface area contributed by atoms with Crippen molar-refractivity contribution < 1.29 is 23.5 Å². The van der Waals surface area contributed by atoms with E-state index in [2.05, 4.69) is 26.6 Å². The van der Waals surface area contributed by atoms with Crippen LogP contribution in [0, 0.1) is 23.1 Å². The van der Waals surface area contributed by atoms with Crippen molar-refractivity contribution in [2.75, 3.05) is 24.7 Å². The van der Waals surface area contributed by atoms with Gasteiger partial charge in [-0.3, -0.25) is 9.59 Å². The van der Waals surface area contributed by atoms with E-state index in [0.717, 1.165) is 31.7 Å². The Morgan fingerprint density at radius 1 is 1.05 bits per heavy atom. The minimum Gasteiger partial charge on any atom is -0.507 e. The minimum atomic E-state index is -0.630. The normalized spacial score (nSPS) is 16.2. The van der Waals surface area contributed by atoms with Gasteiger partial charge in [0.2, 0.25) is 5.91 Å². The highest BCUT2D eigenvalue weighted by Crippen LogP contribution is 2.37. The van der Waals surface area contributed by atoms with Crippen LogP contribution in [0.2, 0.25) is 0 Å². The molecule has 2 aromatic carbocycles. The number of halogens is 2. The van der Waals surface area contributed by atoms with Gasteiger partial charge < -0.3 is 25.1 Å². The van der Waals surface area contributed by atoms with Gasteiger partial charge in [0.05, 0.1) is 17.9 Å². The lowest BCUT2D eigenvalue weighted by Gasteiger charge is -2.35. The van der Waals surface area contributed by atoms with E-state index in [9.17, 15) is 24.3 Å². The molecule has 0 radical (unpaired) electrons. The molecular formula is C32H31ClFN5O4. The van der Waals surface area contributed by atoms with Crippen LogP contribution in [0.4, 0.5) is 15.9 Å². The Labute approximate surface area is 254 Å². The molecule has 2 amide bonds. The number of aromatic hydroxyl groups is 1. The van der Waals surface area contributed by atoms with E-state index in [1.807, 2.05) is 14.1 Å². The number of benzene rings is 2. The van der Waals surface area contributed by atoms with Gasteiger partial charge in [-0.05, 0) is 75.0 Å². The fourth-order valence-corrected chi connectivity index (χ4v) is 5.45. The summed E-state index contributed by atoms with van der Waals surface area (Å²) in [7, 11) is 3.98. The molecule has 2 heterocycles. The lowest BCUT2D eigenvalue weighted by molar-refractivity contribution is -0.122. The number of amides is 2. The van der Waals surface area contributed by atoms with Crippen LogP contribution in [0.1, 0.15) is 41.8 Å². The number of nitrogens with one attached hydrogen (secondary N) is 2. The van der Waals surface area contributed by atoms with Crippen molar-refractivity contribution >= 4 is 35.7 Å². The molecule has 0 saturated heterocycles. The molecule has 0 spiro atoms. The summed E-state index contributed by atoms with van der Waals surface area (Å²) >= 11 is 0. The number of nitriles is 1. The zero-order valence-electron chi connectivity index (χ0n) is 23.6. The first kappa shape index (κ1) is 31.2. The number of pyridine rings is 1. The topological polar surface area (TPSA) is 131 Å². The van der Waals surface area contributed by atoms with Gasteiger partial charge in [-0.15, -0.1) is 12.4 Å². The molecule has 222 valence electrons. The summed E-state index contributed by atoms with van der Waals surface area (Å²) < 4.78 is 18.9. The van der Waals surface area contributed by atoms with Crippen LogP contribution in [0.25, 0.3) is 22.4 Å². The number of phenols is 1. The SMILES string of the molecule is CN(C)[C@H]1CCCC[C@H]1C(=O)Nc1cccc(-c2cc(-c3ccc(F)cc3O)nc(NC(=O)c3ccco3)c2C#N)c1.Cl. The van der Waals surface area contributed by atoms with E-state index in [-0.39, 0.29) is 64.4 Å². The predicted molar refractivity (Wildman–Crippen MR) is 163 cm³/mol. The fourth-order valence-electron chi connectivity index (χ4n) is 5.45. The van der Waals surface area contributed by atoms with Crippen molar-refractivity contribution in [2.45, 2.75) is 31.7 Å². The highest BCUT2D eigenvalue weighted by molar-refractivity contribution is 6.03. The Bertz CT molecular complexity index is 1670. The van der Waals surface area contributed by atoms with Crippen molar-refractivity contribution in [3.05, 3.63) is 84.1 Å². The molecule has 1 aliphatic carbocycles. The quantitative estimate of drug-likeness (QED) is 0.221. The fraction of sp³-hybridized carbons (Fsp3) is 0.250. The molecule has 4 aromatic rings. The predicted octanol–water partition coefficient (Wildman–Crippen LogP) is 6.46. The van der Waals surface area contributed by atoms with Crippen LogP contribution >= 0.6 is 12.4 Å². The number of phenolic OH excluding ortho intramolecular Hbond substituents is 1. The first-order valence-corrected chi connectivity index (χ1v) is 13.6. The number of nitrogens with zero attached hydrogens (tertiary/aromatic N) is 3. The van der Waals surface area contributed by atoms with E-state index in [4.69, 9.17) is 4.42 Å². The van der Waals surface area contributed by atoms with Gasteiger partial charge in [0.15, 0.2) is 11.6 Å². The number of aromatic nitrogens is 1. The van der Waals surface area contributed by atoms with Crippen molar-refractivity contribution in [3.63, 3.8) is 0 Å². The van der Waals surface area contributed by atoms with Crippen LogP contribution in [-0.4, -0.2) is 46.9 Å². The second-order valence-corrected chi connectivity index (χ2v) is 10.5. The van der Waals surface area contributed by atoms with Crippen LogP contribution in [0.15, 0.2) is 71.3 Å². The Morgan fingerprint density at radius 3 is 2.53 bits per heavy atom. The average molecular weight is 604 g/mol. The second-order valence-electron chi connectivity index (χ2n) is 10.5. The Kier molecular flexibility index (Phi) is 9.80. The summed E-state index contributed by atoms with van der Waals surface area (Å²) in [6, 6.07) is 17.4. The van der Waals surface area contributed by atoms with Gasteiger partial charge in [0.1, 0.15) is 23.2 Å². The molecule has 1 saturated carbocycles. The third kappa shape index (κ3) is 6.85. The van der Waals surface area contributed by atoms with Crippen molar-refractivity contribution in [1.82, 2.24) is 9.88 Å². The lowest BCUT2D eigenvalue weighted by atomic mass is 9.83. The molecule has 43 heavy (non-hydrogen) atoms. The summed E-state index contributed by atoms with van der Waals surface area (Å²) in [6.07, 6.45) is 5.20. The Hall–Kier alpha value is -4.72. The Balaban J connectivity index is 0.00000423. The maximum absolute atomic E-state index is 13.8. The summed E-state index contributed by atoms with van der Waals surface area (Å²) in [6.45, 7) is 0. The molecule has 3 N–H and O–H groups in total. The highest BCUT2D eigenvalue weighted by Gasteiger charge is 2.32. The monoisotopic (exact) mass is 603 g/mol. The summed E-state index contributed by atoms with van der Waals surface area (Å²) in [5.41, 5.74) is 1.96. The number of furan rings is 1. The second kappa shape index (κ2) is 13.5. The van der Waals surface area contributed by atoms with Crippen molar-refractivity contribution in [1.29, 1.82) is 5.26 Å². The van der Waals surface area contributed by atoms with Crippen molar-refractivity contribution in [2.24, 2.45) is 5.92 Å². The zero-order chi connectivity index (χ0) is 29.8. The molecule has 0 unspecified atom stereocenters. The smallest absolute Gasteiger partial charge is 0.292 e. The molecule has 1 aliphatic rings. The van der Waals surface area contributed by atoms with Gasteiger partial charge in [0.25, 0.3) is 5.91 Å². The van der Waals surface area contributed by atoms with E-state index >= 15 is 0 Å². The minimum absolute atomic E-state index is 0. The van der Waals surface area contributed by atoms with Gasteiger partial charge in [0, 0.05) is 28.9 Å². The number of anilines is 2. The van der Waals surface area contributed by atoms with Gasteiger partial charge in [-0.25, -0.2) is 9.37 Å². The largest absolute Gasteiger partial charge is 0.507 e. The number of carbonyl (C=O) groups is 2. The van der Waals surface area contributed by atoms with E-state index in [1.54, 1.807) is 36.4 Å². The molecule has 0 aliphatic heterocycles. The molecule has 1 fully saturated rings. The highest BCUT2D eigenvalue weighted by atomic mass is 35.5. The van der Waals surface area contributed by atoms with Crippen LogP contribution in [0.5, 0.6) is 5.75 Å². The third-order valence-electron chi connectivity index (χ3n) is 7.51. The molecule has 0 bridgehead atoms. The first-order chi connectivity index (χ1) is 20.2. The van der Waals surface area contributed by atoms with Crippen molar-refractivity contribution in [3.8, 4) is 34.2 Å². The summed E-state index contributed by atoms with van der Waals surface area (Å²) in [5.74, 6) is -1.88. The lowest BCUT2D eigenvalue weighted by Crippen LogP contribution is -2.43. The molecule has 2 atom stereocenters. The van der Waals surface area contributed by atoms with Gasteiger partial charge >= 0.3 is 0 Å². The van der Waals surface area contributed by atoms with Crippen LogP contribution in [0.3, 0.4) is 0 Å². The van der Waals surface area contributed by atoms with Crippen LogP contribution < -0.4 is 10.6 Å². The number of rotatable bonds is 7. The maximum Gasteiger partial charge on any atom is 0.292 e. The van der Waals surface area contributed by atoms with E-state index < -0.39 is 11.7 Å². The standard InChI is InChI=1S/C32H30FN5O4.ClH/c1-38(2)27-10-4-3-9-23(27)31(40)35-21-8-5-7-19(15-21)24-17-26(22-13-12-20(33)16-28(22)39)36-30(25(24)18-34)37-32(41)29-11-6-14-42-29;/h5-8,11-17,23,27,39H,3-4,9-10H2,1-2H3,(H,35,40)(H,36,37,41);1H/t23-,27+;/m1./s1. The number of hydrogen-bond donors (Lipinski definition) is 3. The van der Waals surface area contributed by atoms with Crippen LogP contribution in [-0.2, 0) is 4.79 Å². The first-order valence-electron chi connectivity index (χ1n) is 13.6. The third-order valence-corrected chi connectivity index (χ3v) is 7.51. The van der Waals surface area contributed by atoms with E-state index in [0.29, 0.717) is 16.8 Å². The molecule has 5 rings (SSSR count). The number of hydrogen-bond acceptors (Lipinski definition) is 7. The zero-order valence-corrected chi connectivity index (χ0v) is 24.5.